The number of halogens is 1. The summed E-state index contributed by atoms with van der Waals surface area (Å²) in [4.78, 5) is 9.82. The molecule has 1 aromatic heterocycles. The van der Waals surface area contributed by atoms with E-state index in [1.54, 1.807) is 0 Å². The van der Waals surface area contributed by atoms with Crippen LogP contribution in [0.4, 0.5) is 10.1 Å². The van der Waals surface area contributed by atoms with Crippen LogP contribution in [0, 0.1) is 15.9 Å². The summed E-state index contributed by atoms with van der Waals surface area (Å²) in [6.07, 6.45) is 1.30. The van der Waals surface area contributed by atoms with Gasteiger partial charge in [0.05, 0.1) is 28.1 Å². The van der Waals surface area contributed by atoms with Gasteiger partial charge in [-0.15, -0.1) is 0 Å². The molecule has 0 atom stereocenters. The van der Waals surface area contributed by atoms with E-state index in [4.69, 9.17) is 0 Å². The van der Waals surface area contributed by atoms with Crippen LogP contribution in [0.5, 0.6) is 0 Å². The Morgan fingerprint density at radius 1 is 1.54 bits per heavy atom. The monoisotopic (exact) mass is 181 g/mol. The fourth-order valence-corrected chi connectivity index (χ4v) is 1.15. The van der Waals surface area contributed by atoms with Crippen molar-refractivity contribution in [3.63, 3.8) is 0 Å². The Morgan fingerprint density at radius 3 is 3.00 bits per heavy atom. The highest BCUT2D eigenvalue weighted by molar-refractivity contribution is 5.87. The Kier molecular flexibility index (Phi) is 1.48. The molecule has 5 nitrogen and oxygen atoms in total. The maximum atomic E-state index is 12.8. The molecule has 66 valence electrons. The van der Waals surface area contributed by atoms with Crippen LogP contribution in [0.1, 0.15) is 0 Å². The van der Waals surface area contributed by atoms with Gasteiger partial charge in [-0.3, -0.25) is 15.2 Å². The number of nitrogens with one attached hydrogen (secondary N) is 1. The minimum absolute atomic E-state index is 0.274. The van der Waals surface area contributed by atoms with E-state index in [1.165, 1.54) is 6.20 Å². The van der Waals surface area contributed by atoms with Crippen LogP contribution in [-0.4, -0.2) is 15.1 Å². The highest BCUT2D eigenvalue weighted by Gasteiger charge is 2.14. The third kappa shape index (κ3) is 1.12. The largest absolute Gasteiger partial charge is 0.283 e. The summed E-state index contributed by atoms with van der Waals surface area (Å²) in [5, 5.41) is 16.8. The minimum atomic E-state index is -0.650. The molecule has 13 heavy (non-hydrogen) atoms. The van der Waals surface area contributed by atoms with Crippen LogP contribution in [0.3, 0.4) is 0 Å². The number of hydrogen-bond acceptors (Lipinski definition) is 3. The summed E-state index contributed by atoms with van der Waals surface area (Å²) in [6.45, 7) is 0. The number of hydrogen-bond donors (Lipinski definition) is 1. The van der Waals surface area contributed by atoms with Crippen molar-refractivity contribution in [2.45, 2.75) is 0 Å². The first kappa shape index (κ1) is 7.66. The second kappa shape index (κ2) is 2.51. The standard InChI is InChI=1S/C7H4FN3O2/c8-4-1-6-5(3-9-10-6)7(2-4)11(12)13/h1-3H,(H,9,10). The molecular weight excluding hydrogens is 177 g/mol. The summed E-state index contributed by atoms with van der Waals surface area (Å²) >= 11 is 0. The highest BCUT2D eigenvalue weighted by Crippen LogP contribution is 2.24. The molecule has 1 N–H and O–H groups in total. The molecule has 0 aliphatic rings. The molecule has 0 radical (unpaired) electrons. The van der Waals surface area contributed by atoms with Crippen molar-refractivity contribution in [3.8, 4) is 0 Å². The molecule has 6 heteroatoms. The summed E-state index contributed by atoms with van der Waals surface area (Å²) < 4.78 is 12.8. The SMILES string of the molecule is O=[N+]([O-])c1cc(F)cc2[nH]ncc12. The first-order chi connectivity index (χ1) is 6.18. The molecule has 2 rings (SSSR count). The molecule has 0 bridgehead atoms. The topological polar surface area (TPSA) is 71.8 Å². The average Bonchev–Trinajstić information content (AvgIpc) is 2.49. The van der Waals surface area contributed by atoms with Crippen molar-refractivity contribution in [3.05, 3.63) is 34.3 Å². The molecule has 0 aliphatic heterocycles. The molecule has 0 aliphatic carbocycles. The predicted molar refractivity (Wildman–Crippen MR) is 42.7 cm³/mol. The lowest BCUT2D eigenvalue weighted by atomic mass is 10.2. The minimum Gasteiger partial charge on any atom is -0.277 e. The van der Waals surface area contributed by atoms with E-state index >= 15 is 0 Å². The number of benzene rings is 1. The van der Waals surface area contributed by atoms with Crippen LogP contribution < -0.4 is 0 Å². The van der Waals surface area contributed by atoms with Crippen molar-refractivity contribution in [1.82, 2.24) is 10.2 Å². The molecule has 1 aromatic carbocycles. The number of nitrogens with zero attached hydrogens (tertiary/aromatic N) is 2. The van der Waals surface area contributed by atoms with E-state index in [2.05, 4.69) is 10.2 Å². The van der Waals surface area contributed by atoms with Gasteiger partial charge in [0, 0.05) is 6.07 Å². The Labute approximate surface area is 71.3 Å². The maximum Gasteiger partial charge on any atom is 0.283 e. The van der Waals surface area contributed by atoms with Crippen molar-refractivity contribution in [2.75, 3.05) is 0 Å². The summed E-state index contributed by atoms with van der Waals surface area (Å²) in [5.74, 6) is -0.650. The van der Waals surface area contributed by atoms with Gasteiger partial charge in [0.1, 0.15) is 5.82 Å². The summed E-state index contributed by atoms with van der Waals surface area (Å²) in [5.41, 5.74) is 0.0513. The molecule has 0 amide bonds. The third-order valence-electron chi connectivity index (χ3n) is 1.70. The van der Waals surface area contributed by atoms with E-state index in [-0.39, 0.29) is 5.69 Å². The number of fused-ring (bicyclic) bond motifs is 1. The lowest BCUT2D eigenvalue weighted by Gasteiger charge is -1.92. The van der Waals surface area contributed by atoms with E-state index in [1.807, 2.05) is 0 Å². The Bertz CT molecular complexity index is 480. The van der Waals surface area contributed by atoms with Gasteiger partial charge in [-0.25, -0.2) is 4.39 Å². The van der Waals surface area contributed by atoms with Crippen LogP contribution >= 0.6 is 0 Å². The number of H-pyrrole nitrogens is 1. The maximum absolute atomic E-state index is 12.8. The van der Waals surface area contributed by atoms with Crippen molar-refractivity contribution < 1.29 is 9.31 Å². The second-order valence-electron chi connectivity index (χ2n) is 2.51. The van der Waals surface area contributed by atoms with Crippen LogP contribution in [-0.2, 0) is 0 Å². The molecule has 0 spiro atoms. The third-order valence-corrected chi connectivity index (χ3v) is 1.70. The average molecular weight is 181 g/mol. The predicted octanol–water partition coefficient (Wildman–Crippen LogP) is 1.61. The summed E-state index contributed by atoms with van der Waals surface area (Å²) in [7, 11) is 0. The lowest BCUT2D eigenvalue weighted by molar-refractivity contribution is -0.383. The van der Waals surface area contributed by atoms with Gasteiger partial charge >= 0.3 is 0 Å². The van der Waals surface area contributed by atoms with Crippen molar-refractivity contribution in [2.24, 2.45) is 0 Å². The summed E-state index contributed by atoms with van der Waals surface area (Å²) in [6, 6.07) is 2.03. The Morgan fingerprint density at radius 2 is 2.31 bits per heavy atom. The van der Waals surface area contributed by atoms with Crippen molar-refractivity contribution in [1.29, 1.82) is 0 Å². The van der Waals surface area contributed by atoms with Crippen LogP contribution in [0.25, 0.3) is 10.9 Å². The van der Waals surface area contributed by atoms with Gasteiger partial charge in [-0.2, -0.15) is 5.10 Å². The van der Waals surface area contributed by atoms with E-state index in [0.29, 0.717) is 10.9 Å². The zero-order valence-electron chi connectivity index (χ0n) is 6.32. The molecule has 0 fully saturated rings. The van der Waals surface area contributed by atoms with Gasteiger partial charge in [0.15, 0.2) is 0 Å². The Balaban J connectivity index is 2.84. The molecule has 1 heterocycles. The fraction of sp³-hybridized carbons (Fsp3) is 0. The van der Waals surface area contributed by atoms with Gasteiger partial charge in [-0.05, 0) is 0 Å². The first-order valence-electron chi connectivity index (χ1n) is 3.45. The molecule has 2 aromatic rings. The molecule has 0 saturated carbocycles. The smallest absolute Gasteiger partial charge is 0.277 e. The van der Waals surface area contributed by atoms with E-state index in [9.17, 15) is 14.5 Å². The van der Waals surface area contributed by atoms with Gasteiger partial charge in [-0.1, -0.05) is 0 Å². The number of rotatable bonds is 1. The molecule has 0 unspecified atom stereocenters. The van der Waals surface area contributed by atoms with Crippen LogP contribution in [0.2, 0.25) is 0 Å². The lowest BCUT2D eigenvalue weighted by Crippen LogP contribution is -1.89. The normalized spacial score (nSPS) is 10.5. The first-order valence-corrected chi connectivity index (χ1v) is 3.45. The van der Waals surface area contributed by atoms with Gasteiger partial charge in [0.25, 0.3) is 5.69 Å². The second-order valence-corrected chi connectivity index (χ2v) is 2.51. The highest BCUT2D eigenvalue weighted by atomic mass is 19.1. The number of nitro benzene ring substituents is 1. The Hall–Kier alpha value is -1.98. The number of nitro groups is 1. The van der Waals surface area contributed by atoms with Gasteiger partial charge in [0.2, 0.25) is 0 Å². The number of aromatic amines is 1. The van der Waals surface area contributed by atoms with Gasteiger partial charge < -0.3 is 0 Å². The number of non-ortho nitro benzene ring substituents is 1. The quantitative estimate of drug-likeness (QED) is 0.536. The molecule has 0 saturated heterocycles. The molecular formula is C7H4FN3O2. The van der Waals surface area contributed by atoms with Crippen LogP contribution in [0.15, 0.2) is 18.3 Å². The fourth-order valence-electron chi connectivity index (χ4n) is 1.15. The number of aromatic nitrogens is 2. The zero-order valence-corrected chi connectivity index (χ0v) is 6.32. The van der Waals surface area contributed by atoms with E-state index < -0.39 is 10.7 Å². The van der Waals surface area contributed by atoms with Crippen molar-refractivity contribution >= 4 is 16.6 Å². The zero-order chi connectivity index (χ0) is 9.42. The van der Waals surface area contributed by atoms with E-state index in [0.717, 1.165) is 12.1 Å².